The van der Waals surface area contributed by atoms with Gasteiger partial charge in [-0.25, -0.2) is 14.4 Å². The van der Waals surface area contributed by atoms with Gasteiger partial charge in [0.05, 0.1) is 17.5 Å². The van der Waals surface area contributed by atoms with Gasteiger partial charge in [-0.05, 0) is 38.1 Å². The predicted molar refractivity (Wildman–Crippen MR) is 128 cm³/mol. The van der Waals surface area contributed by atoms with E-state index in [0.717, 1.165) is 13.8 Å². The largest absolute Gasteiger partial charge is 0.491 e. The molecule has 3 N–H and O–H groups in total. The molecule has 0 radical (unpaired) electrons. The number of rotatable bonds is 10. The van der Waals surface area contributed by atoms with Gasteiger partial charge in [0.1, 0.15) is 42.3 Å². The van der Waals surface area contributed by atoms with Crippen LogP contribution in [0.5, 0.6) is 5.75 Å². The van der Waals surface area contributed by atoms with Crippen molar-refractivity contribution in [3.63, 3.8) is 0 Å². The van der Waals surface area contributed by atoms with E-state index in [2.05, 4.69) is 20.6 Å². The van der Waals surface area contributed by atoms with Gasteiger partial charge in [0, 0.05) is 30.6 Å². The maximum absolute atomic E-state index is 14.8. The molecule has 0 aliphatic carbocycles. The van der Waals surface area contributed by atoms with Crippen LogP contribution in [-0.4, -0.2) is 53.8 Å². The summed E-state index contributed by atoms with van der Waals surface area (Å²) in [6, 6.07) is 8.92. The van der Waals surface area contributed by atoms with Gasteiger partial charge < -0.3 is 25.4 Å². The molecule has 0 spiro atoms. The maximum Gasteiger partial charge on any atom is 0.410 e. The number of fused-ring (bicyclic) bond motifs is 1. The minimum Gasteiger partial charge on any atom is -0.491 e. The zero-order valence-corrected chi connectivity index (χ0v) is 20.2. The number of carbonyl (C=O) groups excluding carboxylic acids is 2. The Hall–Kier alpha value is -4.00. The van der Waals surface area contributed by atoms with Crippen LogP contribution in [0.15, 0.2) is 42.7 Å². The second-order valence-electron chi connectivity index (χ2n) is 8.46. The minimum absolute atomic E-state index is 0.145. The van der Waals surface area contributed by atoms with Crippen molar-refractivity contribution in [1.82, 2.24) is 15.3 Å². The Morgan fingerprint density at radius 1 is 0.973 bits per heavy atom. The summed E-state index contributed by atoms with van der Waals surface area (Å²) >= 11 is 0. The molecule has 2 amide bonds. The Bertz CT molecular complexity index is 1270. The molecule has 37 heavy (non-hydrogen) atoms. The van der Waals surface area contributed by atoms with Crippen LogP contribution in [0.25, 0.3) is 10.9 Å². The van der Waals surface area contributed by atoms with E-state index in [1.165, 1.54) is 31.6 Å². The second kappa shape index (κ2) is 11.4. The fourth-order valence-electron chi connectivity index (χ4n) is 3.13. The van der Waals surface area contributed by atoms with Crippen molar-refractivity contribution >= 4 is 39.9 Å². The number of carbonyl (C=O) groups is 2. The van der Waals surface area contributed by atoms with Crippen molar-refractivity contribution in [2.45, 2.75) is 32.0 Å². The van der Waals surface area contributed by atoms with Crippen molar-refractivity contribution in [2.75, 3.05) is 31.0 Å². The topological polar surface area (TPSA) is 114 Å². The van der Waals surface area contributed by atoms with E-state index in [9.17, 15) is 27.2 Å². The molecular formula is C24H25F4N5O4. The average molecular weight is 523 g/mol. The van der Waals surface area contributed by atoms with E-state index in [1.807, 2.05) is 0 Å². The van der Waals surface area contributed by atoms with E-state index in [0.29, 0.717) is 29.2 Å². The SMILES string of the molecule is COCCOc1cc(F)c2c(Nc3ccc(NC(=O)CC(=O)NC(C)(C)C(F)(F)F)cc3)ncnc2c1. The molecule has 0 aliphatic heterocycles. The van der Waals surface area contributed by atoms with Gasteiger partial charge in [-0.1, -0.05) is 0 Å². The summed E-state index contributed by atoms with van der Waals surface area (Å²) in [6.45, 7) is 2.20. The van der Waals surface area contributed by atoms with Gasteiger partial charge in [-0.2, -0.15) is 13.2 Å². The first-order chi connectivity index (χ1) is 17.4. The number of benzene rings is 2. The number of hydrogen-bond acceptors (Lipinski definition) is 7. The number of methoxy groups -OCH3 is 1. The maximum atomic E-state index is 14.8. The summed E-state index contributed by atoms with van der Waals surface area (Å²) in [4.78, 5) is 32.1. The molecule has 0 saturated heterocycles. The molecule has 0 saturated carbocycles. The monoisotopic (exact) mass is 523 g/mol. The fraction of sp³-hybridized carbons (Fsp3) is 0.333. The molecule has 13 heteroatoms. The minimum atomic E-state index is -4.67. The molecule has 3 aromatic rings. The lowest BCUT2D eigenvalue weighted by molar-refractivity contribution is -0.188. The molecule has 2 aromatic carbocycles. The molecule has 0 unspecified atom stereocenters. The first-order valence-corrected chi connectivity index (χ1v) is 11.0. The van der Waals surface area contributed by atoms with Gasteiger partial charge in [-0.15, -0.1) is 0 Å². The molecule has 1 heterocycles. The molecule has 0 bridgehead atoms. The summed E-state index contributed by atoms with van der Waals surface area (Å²) in [6.07, 6.45) is -4.19. The third kappa shape index (κ3) is 7.26. The third-order valence-corrected chi connectivity index (χ3v) is 5.13. The molecule has 0 aliphatic rings. The van der Waals surface area contributed by atoms with E-state index >= 15 is 0 Å². The number of anilines is 3. The highest BCUT2D eigenvalue weighted by Gasteiger charge is 2.48. The average Bonchev–Trinajstić information content (AvgIpc) is 2.79. The first-order valence-electron chi connectivity index (χ1n) is 11.0. The van der Waals surface area contributed by atoms with Crippen LogP contribution in [-0.2, 0) is 14.3 Å². The molecule has 198 valence electrons. The first kappa shape index (κ1) is 27.6. The van der Waals surface area contributed by atoms with Crippen LogP contribution in [0, 0.1) is 5.82 Å². The Kier molecular flexibility index (Phi) is 8.48. The number of nitrogens with zero attached hydrogens (tertiary/aromatic N) is 2. The fourth-order valence-corrected chi connectivity index (χ4v) is 3.13. The van der Waals surface area contributed by atoms with Crippen molar-refractivity contribution < 1.29 is 36.6 Å². The number of aromatic nitrogens is 2. The zero-order chi connectivity index (χ0) is 27.2. The summed E-state index contributed by atoms with van der Waals surface area (Å²) in [5.41, 5.74) is -1.35. The molecule has 0 fully saturated rings. The lowest BCUT2D eigenvalue weighted by Gasteiger charge is -2.28. The van der Waals surface area contributed by atoms with Crippen molar-refractivity contribution in [2.24, 2.45) is 0 Å². The molecule has 3 rings (SSSR count). The normalized spacial score (nSPS) is 11.8. The van der Waals surface area contributed by atoms with Crippen LogP contribution in [0.1, 0.15) is 20.3 Å². The van der Waals surface area contributed by atoms with E-state index in [4.69, 9.17) is 9.47 Å². The summed E-state index contributed by atoms with van der Waals surface area (Å²) in [5, 5.41) is 7.35. The summed E-state index contributed by atoms with van der Waals surface area (Å²) in [5.74, 6) is -1.95. The number of ether oxygens (including phenoxy) is 2. The highest BCUT2D eigenvalue weighted by Crippen LogP contribution is 2.30. The van der Waals surface area contributed by atoms with E-state index < -0.39 is 35.8 Å². The Labute approximate surface area is 209 Å². The molecule has 1 aromatic heterocycles. The van der Waals surface area contributed by atoms with Gasteiger partial charge in [0.25, 0.3) is 0 Å². The lowest BCUT2D eigenvalue weighted by atomic mass is 10.1. The summed E-state index contributed by atoms with van der Waals surface area (Å²) < 4.78 is 63.9. The van der Waals surface area contributed by atoms with Crippen LogP contribution < -0.4 is 20.7 Å². The number of alkyl halides is 3. The van der Waals surface area contributed by atoms with E-state index in [-0.39, 0.29) is 17.8 Å². The van der Waals surface area contributed by atoms with Gasteiger partial charge in [0.15, 0.2) is 0 Å². The second-order valence-corrected chi connectivity index (χ2v) is 8.46. The quantitative estimate of drug-likeness (QED) is 0.206. The molecule has 0 atom stereocenters. The third-order valence-electron chi connectivity index (χ3n) is 5.13. The van der Waals surface area contributed by atoms with Gasteiger partial charge in [0.2, 0.25) is 11.8 Å². The van der Waals surface area contributed by atoms with E-state index in [1.54, 1.807) is 23.5 Å². The van der Waals surface area contributed by atoms with Crippen LogP contribution >= 0.6 is 0 Å². The summed E-state index contributed by atoms with van der Waals surface area (Å²) in [7, 11) is 1.53. The lowest BCUT2D eigenvalue weighted by Crippen LogP contribution is -2.54. The van der Waals surface area contributed by atoms with Crippen molar-refractivity contribution in [1.29, 1.82) is 0 Å². The number of amides is 2. The predicted octanol–water partition coefficient (Wildman–Crippen LogP) is 4.32. The standard InChI is InChI=1S/C24H25F4N5O4/c1-23(2,24(26,27)28)33-20(35)12-19(34)31-14-4-6-15(7-5-14)32-22-21-17(25)10-16(37-9-8-36-3)11-18(21)29-13-30-22/h4-7,10-11,13H,8-9,12H2,1-3H3,(H,31,34)(H,33,35)(H,29,30,32). The Morgan fingerprint density at radius 3 is 2.30 bits per heavy atom. The Balaban J connectivity index is 1.64. The molecule has 9 nitrogen and oxygen atoms in total. The highest BCUT2D eigenvalue weighted by atomic mass is 19.4. The van der Waals surface area contributed by atoms with Crippen LogP contribution in [0.3, 0.4) is 0 Å². The van der Waals surface area contributed by atoms with Crippen molar-refractivity contribution in [3.05, 3.63) is 48.5 Å². The highest BCUT2D eigenvalue weighted by molar-refractivity contribution is 6.03. The zero-order valence-electron chi connectivity index (χ0n) is 20.2. The molecular weight excluding hydrogens is 498 g/mol. The Morgan fingerprint density at radius 2 is 1.65 bits per heavy atom. The van der Waals surface area contributed by atoms with Crippen LogP contribution in [0.2, 0.25) is 0 Å². The van der Waals surface area contributed by atoms with Crippen LogP contribution in [0.4, 0.5) is 34.8 Å². The smallest absolute Gasteiger partial charge is 0.410 e. The van der Waals surface area contributed by atoms with Crippen molar-refractivity contribution in [3.8, 4) is 5.75 Å². The number of nitrogens with one attached hydrogen (secondary N) is 3. The number of halogens is 4. The van der Waals surface area contributed by atoms with Gasteiger partial charge >= 0.3 is 6.18 Å². The van der Waals surface area contributed by atoms with Gasteiger partial charge in [-0.3, -0.25) is 9.59 Å². The number of hydrogen-bond donors (Lipinski definition) is 3.